The van der Waals surface area contributed by atoms with E-state index in [1.54, 1.807) is 13.2 Å². The molecule has 1 fully saturated rings. The predicted octanol–water partition coefficient (Wildman–Crippen LogP) is 4.78. The third kappa shape index (κ3) is 4.09. The molecule has 0 unspecified atom stereocenters. The van der Waals surface area contributed by atoms with Gasteiger partial charge in [-0.05, 0) is 41.0 Å². The summed E-state index contributed by atoms with van der Waals surface area (Å²) in [6.07, 6.45) is 1.72. The molecule has 0 N–H and O–H groups in total. The molecule has 0 spiro atoms. The maximum atomic E-state index is 12.3. The van der Waals surface area contributed by atoms with Crippen molar-refractivity contribution in [3.63, 3.8) is 0 Å². The normalized spacial score (nSPS) is 21.7. The molecule has 0 amide bonds. The zero-order valence-corrected chi connectivity index (χ0v) is 15.4. The average molecular weight is 357 g/mol. The molecule has 2 atom stereocenters. The molecule has 0 bridgehead atoms. The molecule has 1 saturated carbocycles. The van der Waals surface area contributed by atoms with Crippen LogP contribution < -0.4 is 0 Å². The summed E-state index contributed by atoms with van der Waals surface area (Å²) in [6, 6.07) is 5.93. The summed E-state index contributed by atoms with van der Waals surface area (Å²) in [5.41, 5.74) is 3.02. The van der Waals surface area contributed by atoms with E-state index in [4.69, 9.17) is 32.7 Å². The number of carbonyl (C=O) groups is 1. The number of esters is 1. The standard InChI is InChI=1S/C18H22Cl2O3/c1-11-12(9-22-4)6-5-7-13(11)10-23-17(21)16-14(8-15(19)20)18(16,2)3/h5-8,14,16H,9-10H2,1-4H3/t14-,16+/m0/s1. The Bertz CT molecular complexity index is 619. The van der Waals surface area contributed by atoms with Crippen molar-refractivity contribution in [2.75, 3.05) is 7.11 Å². The first kappa shape index (κ1) is 18.3. The van der Waals surface area contributed by atoms with Gasteiger partial charge in [0.1, 0.15) is 11.1 Å². The molecule has 1 aromatic carbocycles. The van der Waals surface area contributed by atoms with Crippen LogP contribution in [0.15, 0.2) is 28.8 Å². The Kier molecular flexibility index (Phi) is 5.77. The Morgan fingerprint density at radius 3 is 2.43 bits per heavy atom. The smallest absolute Gasteiger partial charge is 0.310 e. The number of ether oxygens (including phenoxy) is 2. The van der Waals surface area contributed by atoms with Crippen LogP contribution in [0.3, 0.4) is 0 Å². The summed E-state index contributed by atoms with van der Waals surface area (Å²) in [4.78, 5) is 12.3. The van der Waals surface area contributed by atoms with E-state index >= 15 is 0 Å². The van der Waals surface area contributed by atoms with Gasteiger partial charge in [0.25, 0.3) is 0 Å². The van der Waals surface area contributed by atoms with E-state index in [9.17, 15) is 4.79 Å². The van der Waals surface area contributed by atoms with Gasteiger partial charge >= 0.3 is 5.97 Å². The second-order valence-electron chi connectivity index (χ2n) is 6.52. The fraction of sp³-hybridized carbons (Fsp3) is 0.500. The molecule has 0 heterocycles. The van der Waals surface area contributed by atoms with E-state index in [2.05, 4.69) is 0 Å². The average Bonchev–Trinajstić information content (AvgIpc) is 3.00. The molecule has 1 aliphatic rings. The molecule has 5 heteroatoms. The van der Waals surface area contributed by atoms with Crippen molar-refractivity contribution in [2.45, 2.75) is 34.0 Å². The maximum Gasteiger partial charge on any atom is 0.310 e. The van der Waals surface area contributed by atoms with Crippen molar-refractivity contribution in [1.29, 1.82) is 0 Å². The van der Waals surface area contributed by atoms with Gasteiger partial charge in [-0.25, -0.2) is 0 Å². The van der Waals surface area contributed by atoms with Gasteiger partial charge in [-0.1, -0.05) is 55.2 Å². The Morgan fingerprint density at radius 1 is 1.26 bits per heavy atom. The zero-order valence-electron chi connectivity index (χ0n) is 13.9. The molecule has 23 heavy (non-hydrogen) atoms. The van der Waals surface area contributed by atoms with Crippen molar-refractivity contribution < 1.29 is 14.3 Å². The molecule has 2 rings (SSSR count). The minimum Gasteiger partial charge on any atom is -0.461 e. The quantitative estimate of drug-likeness (QED) is 0.688. The lowest BCUT2D eigenvalue weighted by atomic mass is 10.0. The number of carbonyl (C=O) groups excluding carboxylic acids is 1. The first-order valence-corrected chi connectivity index (χ1v) is 8.30. The van der Waals surface area contributed by atoms with E-state index in [1.807, 2.05) is 39.0 Å². The van der Waals surface area contributed by atoms with Crippen LogP contribution in [0.25, 0.3) is 0 Å². The van der Waals surface area contributed by atoms with Gasteiger partial charge in [-0.3, -0.25) is 4.79 Å². The van der Waals surface area contributed by atoms with E-state index in [0.717, 1.165) is 16.7 Å². The number of rotatable bonds is 6. The van der Waals surface area contributed by atoms with Crippen LogP contribution in [0.5, 0.6) is 0 Å². The molecule has 1 aromatic rings. The third-order valence-corrected chi connectivity index (χ3v) is 4.95. The van der Waals surface area contributed by atoms with E-state index in [0.29, 0.717) is 6.61 Å². The molecule has 0 aromatic heterocycles. The lowest BCUT2D eigenvalue weighted by molar-refractivity contribution is -0.147. The number of allylic oxidation sites excluding steroid dienone is 1. The van der Waals surface area contributed by atoms with Crippen LogP contribution in [0.1, 0.15) is 30.5 Å². The minimum absolute atomic E-state index is 0.0286. The fourth-order valence-electron chi connectivity index (χ4n) is 3.02. The van der Waals surface area contributed by atoms with Crippen molar-refractivity contribution in [2.24, 2.45) is 17.3 Å². The molecule has 0 aliphatic heterocycles. The van der Waals surface area contributed by atoms with Crippen LogP contribution in [-0.2, 0) is 27.5 Å². The third-order valence-electron chi connectivity index (χ3n) is 4.70. The van der Waals surface area contributed by atoms with Gasteiger partial charge in [-0.2, -0.15) is 0 Å². The highest BCUT2D eigenvalue weighted by molar-refractivity contribution is 6.55. The van der Waals surface area contributed by atoms with Gasteiger partial charge in [0, 0.05) is 7.11 Å². The second kappa shape index (κ2) is 7.25. The van der Waals surface area contributed by atoms with Crippen LogP contribution in [0, 0.1) is 24.2 Å². The number of halogens is 2. The van der Waals surface area contributed by atoms with Crippen molar-refractivity contribution >= 4 is 29.2 Å². The molecule has 126 valence electrons. The van der Waals surface area contributed by atoms with Crippen LogP contribution in [0.4, 0.5) is 0 Å². The summed E-state index contributed by atoms with van der Waals surface area (Å²) >= 11 is 11.4. The Morgan fingerprint density at radius 2 is 1.87 bits per heavy atom. The van der Waals surface area contributed by atoms with E-state index in [-0.39, 0.29) is 34.3 Å². The number of methoxy groups -OCH3 is 1. The van der Waals surface area contributed by atoms with Crippen LogP contribution in [-0.4, -0.2) is 13.1 Å². The van der Waals surface area contributed by atoms with Crippen molar-refractivity contribution in [3.8, 4) is 0 Å². The predicted molar refractivity (Wildman–Crippen MR) is 92.2 cm³/mol. The van der Waals surface area contributed by atoms with Crippen molar-refractivity contribution in [1.82, 2.24) is 0 Å². The Hall–Kier alpha value is -1.03. The molecule has 1 aliphatic carbocycles. The lowest BCUT2D eigenvalue weighted by Crippen LogP contribution is -2.11. The fourth-order valence-corrected chi connectivity index (χ4v) is 3.29. The van der Waals surface area contributed by atoms with E-state index < -0.39 is 0 Å². The van der Waals surface area contributed by atoms with Gasteiger partial charge in [-0.15, -0.1) is 0 Å². The number of benzene rings is 1. The molecular weight excluding hydrogens is 335 g/mol. The number of hydrogen-bond acceptors (Lipinski definition) is 3. The number of hydrogen-bond donors (Lipinski definition) is 0. The highest BCUT2D eigenvalue weighted by atomic mass is 35.5. The summed E-state index contributed by atoms with van der Waals surface area (Å²) in [5, 5.41) is 0. The van der Waals surface area contributed by atoms with Crippen LogP contribution >= 0.6 is 23.2 Å². The summed E-state index contributed by atoms with van der Waals surface area (Å²) < 4.78 is 10.9. The largest absolute Gasteiger partial charge is 0.461 e. The topological polar surface area (TPSA) is 35.5 Å². The molecule has 0 radical (unpaired) electrons. The molecule has 3 nitrogen and oxygen atoms in total. The Balaban J connectivity index is 2.01. The van der Waals surface area contributed by atoms with Gasteiger partial charge in [0.05, 0.1) is 12.5 Å². The monoisotopic (exact) mass is 356 g/mol. The van der Waals surface area contributed by atoms with Gasteiger partial charge in [0.2, 0.25) is 0 Å². The second-order valence-corrected chi connectivity index (χ2v) is 7.53. The van der Waals surface area contributed by atoms with Crippen LogP contribution in [0.2, 0.25) is 0 Å². The maximum absolute atomic E-state index is 12.3. The van der Waals surface area contributed by atoms with E-state index in [1.165, 1.54) is 0 Å². The first-order chi connectivity index (χ1) is 10.8. The van der Waals surface area contributed by atoms with Gasteiger partial charge < -0.3 is 9.47 Å². The SMILES string of the molecule is COCc1cccc(COC(=O)[C@H]2[C@H](C=C(Cl)Cl)C2(C)C)c1C. The molecular formula is C18H22Cl2O3. The highest BCUT2D eigenvalue weighted by Gasteiger charge is 2.61. The summed E-state index contributed by atoms with van der Waals surface area (Å²) in [6.45, 7) is 6.85. The Labute approximate surface area is 147 Å². The lowest BCUT2D eigenvalue weighted by Gasteiger charge is -2.11. The summed E-state index contributed by atoms with van der Waals surface area (Å²) in [7, 11) is 1.66. The summed E-state index contributed by atoms with van der Waals surface area (Å²) in [5.74, 6) is -0.374. The van der Waals surface area contributed by atoms with Gasteiger partial charge in [0.15, 0.2) is 0 Å². The highest BCUT2D eigenvalue weighted by Crippen LogP contribution is 2.60. The first-order valence-electron chi connectivity index (χ1n) is 7.54. The van der Waals surface area contributed by atoms with Crippen molar-refractivity contribution in [3.05, 3.63) is 45.5 Å². The molecule has 0 saturated heterocycles. The zero-order chi connectivity index (χ0) is 17.2. The minimum atomic E-state index is -0.206.